The molecule has 0 unspecified atom stereocenters. The SMILES string of the molecule is C#CCN(CC)C(=O)NC(C)(C)CCC(=O)O. The van der Waals surface area contributed by atoms with E-state index < -0.39 is 11.5 Å². The number of terminal acetylenes is 1. The predicted molar refractivity (Wildman–Crippen MR) is 65.6 cm³/mol. The highest BCUT2D eigenvalue weighted by Crippen LogP contribution is 2.11. The fourth-order valence-corrected chi connectivity index (χ4v) is 1.29. The van der Waals surface area contributed by atoms with Crippen molar-refractivity contribution in [3.05, 3.63) is 0 Å². The van der Waals surface area contributed by atoms with Crippen LogP contribution >= 0.6 is 0 Å². The molecule has 0 rings (SSSR count). The lowest BCUT2D eigenvalue weighted by molar-refractivity contribution is -0.137. The van der Waals surface area contributed by atoms with Crippen LogP contribution in [-0.4, -0.2) is 40.6 Å². The fraction of sp³-hybridized carbons (Fsp3) is 0.667. The van der Waals surface area contributed by atoms with Gasteiger partial charge in [-0.1, -0.05) is 5.92 Å². The van der Waals surface area contributed by atoms with Crippen LogP contribution in [0, 0.1) is 12.3 Å². The molecule has 0 saturated heterocycles. The van der Waals surface area contributed by atoms with Crippen molar-refractivity contribution >= 4 is 12.0 Å². The first-order chi connectivity index (χ1) is 7.82. The first kappa shape index (κ1) is 15.3. The third-order valence-electron chi connectivity index (χ3n) is 2.36. The molecule has 0 aromatic rings. The van der Waals surface area contributed by atoms with Gasteiger partial charge in [-0.2, -0.15) is 0 Å². The highest BCUT2D eigenvalue weighted by molar-refractivity contribution is 5.75. The Hall–Kier alpha value is -1.70. The predicted octanol–water partition coefficient (Wildman–Crippen LogP) is 1.29. The molecule has 0 aromatic carbocycles. The molecule has 0 spiro atoms. The lowest BCUT2D eigenvalue weighted by Gasteiger charge is -2.29. The molecule has 0 fully saturated rings. The van der Waals surface area contributed by atoms with Crippen LogP contribution in [0.1, 0.15) is 33.6 Å². The van der Waals surface area contributed by atoms with Gasteiger partial charge in [-0.05, 0) is 27.2 Å². The van der Waals surface area contributed by atoms with Crippen molar-refractivity contribution in [2.45, 2.75) is 39.2 Å². The van der Waals surface area contributed by atoms with Gasteiger partial charge in [0, 0.05) is 18.5 Å². The van der Waals surface area contributed by atoms with Gasteiger partial charge in [0.1, 0.15) is 0 Å². The minimum absolute atomic E-state index is 0.0224. The van der Waals surface area contributed by atoms with Crippen molar-refractivity contribution in [3.8, 4) is 12.3 Å². The van der Waals surface area contributed by atoms with Gasteiger partial charge >= 0.3 is 12.0 Å². The van der Waals surface area contributed by atoms with Gasteiger partial charge in [0.15, 0.2) is 0 Å². The maximum absolute atomic E-state index is 11.8. The summed E-state index contributed by atoms with van der Waals surface area (Å²) >= 11 is 0. The molecule has 0 aliphatic heterocycles. The van der Waals surface area contributed by atoms with Crippen molar-refractivity contribution in [2.75, 3.05) is 13.1 Å². The average Bonchev–Trinajstić information content (AvgIpc) is 2.22. The topological polar surface area (TPSA) is 69.6 Å². The summed E-state index contributed by atoms with van der Waals surface area (Å²) in [5, 5.41) is 11.4. The number of carboxylic acids is 1. The third-order valence-corrected chi connectivity index (χ3v) is 2.36. The van der Waals surface area contributed by atoms with Crippen molar-refractivity contribution in [2.24, 2.45) is 0 Å². The number of nitrogens with zero attached hydrogens (tertiary/aromatic N) is 1. The van der Waals surface area contributed by atoms with E-state index in [9.17, 15) is 9.59 Å². The smallest absolute Gasteiger partial charge is 0.318 e. The zero-order valence-electron chi connectivity index (χ0n) is 10.6. The van der Waals surface area contributed by atoms with E-state index in [1.165, 1.54) is 4.90 Å². The number of hydrogen-bond donors (Lipinski definition) is 2. The Bertz CT molecular complexity index is 318. The number of aliphatic carboxylic acids is 1. The molecular formula is C12H20N2O3. The Morgan fingerprint density at radius 3 is 2.47 bits per heavy atom. The molecule has 0 aromatic heterocycles. The summed E-state index contributed by atoms with van der Waals surface area (Å²) in [6.45, 7) is 6.18. The Balaban J connectivity index is 4.34. The summed E-state index contributed by atoms with van der Waals surface area (Å²) in [5.41, 5.74) is -0.558. The van der Waals surface area contributed by atoms with Crippen LogP contribution in [0.15, 0.2) is 0 Å². The minimum atomic E-state index is -0.872. The van der Waals surface area contributed by atoms with E-state index in [0.29, 0.717) is 13.0 Å². The van der Waals surface area contributed by atoms with Crippen molar-refractivity contribution in [1.82, 2.24) is 10.2 Å². The molecule has 0 aliphatic rings. The van der Waals surface area contributed by atoms with Crippen LogP contribution in [-0.2, 0) is 4.79 Å². The molecule has 5 heteroatoms. The molecule has 0 atom stereocenters. The Labute approximate surface area is 102 Å². The highest BCUT2D eigenvalue weighted by atomic mass is 16.4. The van der Waals surface area contributed by atoms with Crippen molar-refractivity contribution in [3.63, 3.8) is 0 Å². The van der Waals surface area contributed by atoms with E-state index in [1.54, 1.807) is 13.8 Å². The summed E-state index contributed by atoms with van der Waals surface area (Å²) in [7, 11) is 0. The van der Waals surface area contributed by atoms with E-state index in [-0.39, 0.29) is 19.0 Å². The van der Waals surface area contributed by atoms with Gasteiger partial charge in [0.2, 0.25) is 0 Å². The van der Waals surface area contributed by atoms with Crippen LogP contribution < -0.4 is 5.32 Å². The van der Waals surface area contributed by atoms with E-state index >= 15 is 0 Å². The monoisotopic (exact) mass is 240 g/mol. The summed E-state index contributed by atoms with van der Waals surface area (Å²) in [4.78, 5) is 23.8. The molecule has 0 radical (unpaired) electrons. The number of carbonyl (C=O) groups excluding carboxylic acids is 1. The summed E-state index contributed by atoms with van der Waals surface area (Å²) < 4.78 is 0. The van der Waals surface area contributed by atoms with Gasteiger partial charge in [-0.15, -0.1) is 6.42 Å². The zero-order valence-corrected chi connectivity index (χ0v) is 10.6. The molecule has 0 bridgehead atoms. The molecule has 5 nitrogen and oxygen atoms in total. The molecule has 0 heterocycles. The summed E-state index contributed by atoms with van der Waals surface area (Å²) in [6.07, 6.45) is 5.55. The van der Waals surface area contributed by atoms with Gasteiger partial charge in [0.25, 0.3) is 0 Å². The number of nitrogens with one attached hydrogen (secondary N) is 1. The Kier molecular flexibility index (Phi) is 6.11. The number of rotatable bonds is 6. The Morgan fingerprint density at radius 1 is 1.47 bits per heavy atom. The fourth-order valence-electron chi connectivity index (χ4n) is 1.29. The van der Waals surface area contributed by atoms with Gasteiger partial charge < -0.3 is 15.3 Å². The standard InChI is InChI=1S/C12H20N2O3/c1-5-9-14(6-2)11(17)13-12(3,4)8-7-10(15)16/h1H,6-9H2,2-4H3,(H,13,17)(H,15,16). The summed E-state index contributed by atoms with van der Waals surface area (Å²) in [5.74, 6) is 1.53. The van der Waals surface area contributed by atoms with Crippen LogP contribution in [0.2, 0.25) is 0 Å². The average molecular weight is 240 g/mol. The second kappa shape index (κ2) is 6.79. The lowest BCUT2D eigenvalue weighted by Crippen LogP contribution is -2.50. The quantitative estimate of drug-likeness (QED) is 0.687. The van der Waals surface area contributed by atoms with Crippen LogP contribution in [0.25, 0.3) is 0 Å². The van der Waals surface area contributed by atoms with E-state index in [0.717, 1.165) is 0 Å². The Morgan fingerprint density at radius 2 is 2.06 bits per heavy atom. The molecule has 0 saturated carbocycles. The number of hydrogen-bond acceptors (Lipinski definition) is 2. The van der Waals surface area contributed by atoms with Crippen LogP contribution in [0.3, 0.4) is 0 Å². The van der Waals surface area contributed by atoms with Crippen LogP contribution in [0.5, 0.6) is 0 Å². The number of amides is 2. The van der Waals surface area contributed by atoms with E-state index in [1.807, 2.05) is 6.92 Å². The van der Waals surface area contributed by atoms with Crippen LogP contribution in [0.4, 0.5) is 4.79 Å². The van der Waals surface area contributed by atoms with Gasteiger partial charge in [-0.3, -0.25) is 4.79 Å². The maximum Gasteiger partial charge on any atom is 0.318 e. The normalized spacial score (nSPS) is 10.5. The third kappa shape index (κ3) is 6.46. The number of urea groups is 1. The largest absolute Gasteiger partial charge is 0.481 e. The van der Waals surface area contributed by atoms with Gasteiger partial charge in [-0.25, -0.2) is 4.79 Å². The second-order valence-electron chi connectivity index (χ2n) is 4.43. The minimum Gasteiger partial charge on any atom is -0.481 e. The maximum atomic E-state index is 11.8. The molecule has 96 valence electrons. The number of carboxylic acid groups (broad SMARTS) is 1. The lowest BCUT2D eigenvalue weighted by atomic mass is 9.99. The highest BCUT2D eigenvalue weighted by Gasteiger charge is 2.23. The number of carbonyl (C=O) groups is 2. The van der Waals surface area contributed by atoms with E-state index in [4.69, 9.17) is 11.5 Å². The van der Waals surface area contributed by atoms with Gasteiger partial charge in [0.05, 0.1) is 6.54 Å². The molecule has 17 heavy (non-hydrogen) atoms. The van der Waals surface area contributed by atoms with E-state index in [2.05, 4.69) is 11.2 Å². The zero-order chi connectivity index (χ0) is 13.5. The second-order valence-corrected chi connectivity index (χ2v) is 4.43. The first-order valence-electron chi connectivity index (χ1n) is 5.54. The molecule has 2 N–H and O–H groups in total. The summed E-state index contributed by atoms with van der Waals surface area (Å²) in [6, 6.07) is -0.263. The first-order valence-corrected chi connectivity index (χ1v) is 5.54. The van der Waals surface area contributed by atoms with Crippen molar-refractivity contribution in [1.29, 1.82) is 0 Å². The molecule has 2 amide bonds. The molecule has 0 aliphatic carbocycles. The van der Waals surface area contributed by atoms with Crippen molar-refractivity contribution < 1.29 is 14.7 Å². The molecular weight excluding hydrogens is 220 g/mol.